The fourth-order valence-corrected chi connectivity index (χ4v) is 8.97. The van der Waals surface area contributed by atoms with Crippen LogP contribution in [-0.4, -0.2) is 19.5 Å². The van der Waals surface area contributed by atoms with Gasteiger partial charge >= 0.3 is 0 Å². The molecule has 52 heavy (non-hydrogen) atoms. The standard InChI is InChI=1S/C47H28N4S/c1-2-13-31(14-3-1)45-48-46(50-47(49-45)33-21-24-38-37-19-8-9-20-41(37)52-42(38)28-33)32-15-10-16-34(27-32)51-39-25-22-29-11-4-6-17-35(29)43(39)44-36-18-7-5-12-30(36)23-26-40(44)51/h1-28H. The first-order valence-electron chi connectivity index (χ1n) is 17.4. The molecule has 3 aromatic heterocycles. The van der Waals surface area contributed by atoms with E-state index < -0.39 is 0 Å². The molecule has 0 aliphatic heterocycles. The number of thiophene rings is 1. The minimum absolute atomic E-state index is 0.638. The van der Waals surface area contributed by atoms with E-state index in [2.05, 4.69) is 156 Å². The molecule has 0 saturated carbocycles. The Labute approximate surface area is 302 Å². The van der Waals surface area contributed by atoms with E-state index in [0.29, 0.717) is 17.5 Å². The molecule has 4 nitrogen and oxygen atoms in total. The van der Waals surface area contributed by atoms with Gasteiger partial charge in [-0.2, -0.15) is 0 Å². The Balaban J connectivity index is 1.13. The summed E-state index contributed by atoms with van der Waals surface area (Å²) in [6.45, 7) is 0. The van der Waals surface area contributed by atoms with Crippen molar-refractivity contribution < 1.29 is 0 Å². The fourth-order valence-electron chi connectivity index (χ4n) is 7.83. The van der Waals surface area contributed by atoms with Crippen LogP contribution < -0.4 is 0 Å². The van der Waals surface area contributed by atoms with Crippen LogP contribution in [0.4, 0.5) is 0 Å². The van der Waals surface area contributed by atoms with E-state index in [0.717, 1.165) is 22.4 Å². The summed E-state index contributed by atoms with van der Waals surface area (Å²) in [6, 6.07) is 60.3. The molecule has 0 aliphatic rings. The van der Waals surface area contributed by atoms with Gasteiger partial charge in [-0.25, -0.2) is 15.0 Å². The topological polar surface area (TPSA) is 43.6 Å². The predicted octanol–water partition coefficient (Wildman–Crippen LogP) is 12.6. The highest BCUT2D eigenvalue weighted by Crippen LogP contribution is 2.41. The maximum atomic E-state index is 5.16. The average molecular weight is 681 g/mol. The van der Waals surface area contributed by atoms with Gasteiger partial charge in [-0.3, -0.25) is 0 Å². The third-order valence-electron chi connectivity index (χ3n) is 10.2. The second kappa shape index (κ2) is 11.4. The molecular weight excluding hydrogens is 653 g/mol. The third-order valence-corrected chi connectivity index (χ3v) is 11.3. The number of benzene rings is 8. The molecule has 0 radical (unpaired) electrons. The molecule has 5 heteroatoms. The first kappa shape index (κ1) is 29.1. The Morgan fingerprint density at radius 2 is 0.904 bits per heavy atom. The highest BCUT2D eigenvalue weighted by molar-refractivity contribution is 7.25. The van der Waals surface area contributed by atoms with Gasteiger partial charge in [0.1, 0.15) is 0 Å². The molecule has 8 aromatic carbocycles. The van der Waals surface area contributed by atoms with Crippen LogP contribution in [0.1, 0.15) is 0 Å². The summed E-state index contributed by atoms with van der Waals surface area (Å²) in [7, 11) is 0. The van der Waals surface area contributed by atoms with Crippen LogP contribution >= 0.6 is 11.3 Å². The van der Waals surface area contributed by atoms with Gasteiger partial charge in [-0.15, -0.1) is 11.3 Å². The quantitative estimate of drug-likeness (QED) is 0.186. The van der Waals surface area contributed by atoms with Gasteiger partial charge < -0.3 is 4.57 Å². The zero-order valence-corrected chi connectivity index (χ0v) is 28.7. The van der Waals surface area contributed by atoms with Crippen molar-refractivity contribution in [2.45, 2.75) is 0 Å². The van der Waals surface area contributed by atoms with Crippen LogP contribution in [0.2, 0.25) is 0 Å². The average Bonchev–Trinajstić information content (AvgIpc) is 3.77. The molecule has 0 aliphatic carbocycles. The number of hydrogen-bond donors (Lipinski definition) is 0. The molecule has 0 spiro atoms. The van der Waals surface area contributed by atoms with Crippen LogP contribution in [0, 0.1) is 0 Å². The maximum Gasteiger partial charge on any atom is 0.164 e. The molecule has 0 bridgehead atoms. The molecule has 0 unspecified atom stereocenters. The lowest BCUT2D eigenvalue weighted by Gasteiger charge is -2.12. The van der Waals surface area contributed by atoms with Crippen LogP contribution in [0.5, 0.6) is 0 Å². The van der Waals surface area contributed by atoms with Crippen molar-refractivity contribution in [1.82, 2.24) is 19.5 Å². The van der Waals surface area contributed by atoms with Crippen molar-refractivity contribution in [2.24, 2.45) is 0 Å². The largest absolute Gasteiger partial charge is 0.309 e. The molecular formula is C47H28N4S. The third kappa shape index (κ3) is 4.50. The minimum atomic E-state index is 0.638. The maximum absolute atomic E-state index is 5.16. The van der Waals surface area contributed by atoms with Gasteiger partial charge in [0.15, 0.2) is 17.5 Å². The van der Waals surface area contributed by atoms with Crippen LogP contribution in [0.3, 0.4) is 0 Å². The number of hydrogen-bond acceptors (Lipinski definition) is 4. The van der Waals surface area contributed by atoms with Crippen LogP contribution in [-0.2, 0) is 0 Å². The molecule has 0 amide bonds. The zero-order chi connectivity index (χ0) is 34.2. The van der Waals surface area contributed by atoms with Gasteiger partial charge in [0.05, 0.1) is 11.0 Å². The number of rotatable bonds is 4. The number of nitrogens with zero attached hydrogens (tertiary/aromatic N) is 4. The van der Waals surface area contributed by atoms with Crippen molar-refractivity contribution in [3.8, 4) is 39.9 Å². The van der Waals surface area contributed by atoms with E-state index in [9.17, 15) is 0 Å². The lowest BCUT2D eigenvalue weighted by molar-refractivity contribution is 1.07. The molecule has 0 saturated heterocycles. The summed E-state index contributed by atoms with van der Waals surface area (Å²) in [4.78, 5) is 15.3. The zero-order valence-electron chi connectivity index (χ0n) is 27.9. The Morgan fingerprint density at radius 3 is 1.60 bits per heavy atom. The fraction of sp³-hybridized carbons (Fsp3) is 0. The predicted molar refractivity (Wildman–Crippen MR) is 218 cm³/mol. The summed E-state index contributed by atoms with van der Waals surface area (Å²) < 4.78 is 4.89. The highest BCUT2D eigenvalue weighted by Gasteiger charge is 2.19. The molecule has 0 atom stereocenters. The number of fused-ring (bicyclic) bond motifs is 10. The first-order valence-corrected chi connectivity index (χ1v) is 18.3. The highest BCUT2D eigenvalue weighted by atomic mass is 32.1. The van der Waals surface area contributed by atoms with Gasteiger partial charge in [0, 0.05) is 53.3 Å². The van der Waals surface area contributed by atoms with Crippen LogP contribution in [0.15, 0.2) is 170 Å². The normalized spacial score (nSPS) is 11.8. The van der Waals surface area contributed by atoms with Crippen molar-refractivity contribution in [1.29, 1.82) is 0 Å². The summed E-state index contributed by atoms with van der Waals surface area (Å²) in [5, 5.41) is 10.0. The smallest absolute Gasteiger partial charge is 0.164 e. The minimum Gasteiger partial charge on any atom is -0.309 e. The van der Waals surface area contributed by atoms with Crippen molar-refractivity contribution >= 4 is 74.9 Å². The van der Waals surface area contributed by atoms with Crippen molar-refractivity contribution in [3.63, 3.8) is 0 Å². The van der Waals surface area contributed by atoms with E-state index >= 15 is 0 Å². The second-order valence-electron chi connectivity index (χ2n) is 13.2. The molecule has 11 rings (SSSR count). The van der Waals surface area contributed by atoms with E-state index in [1.807, 2.05) is 18.2 Å². The molecule has 3 heterocycles. The van der Waals surface area contributed by atoms with Gasteiger partial charge in [0.25, 0.3) is 0 Å². The Bertz CT molecular complexity index is 3100. The summed E-state index contributed by atoms with van der Waals surface area (Å²) in [6.07, 6.45) is 0. The first-order chi connectivity index (χ1) is 25.8. The molecule has 242 valence electrons. The second-order valence-corrected chi connectivity index (χ2v) is 14.3. The molecule has 11 aromatic rings. The summed E-state index contributed by atoms with van der Waals surface area (Å²) in [5.41, 5.74) is 6.24. The monoisotopic (exact) mass is 680 g/mol. The Morgan fingerprint density at radius 1 is 0.365 bits per heavy atom. The van der Waals surface area contributed by atoms with E-state index in [1.54, 1.807) is 11.3 Å². The Kier molecular flexibility index (Phi) is 6.39. The molecule has 0 fully saturated rings. The van der Waals surface area contributed by atoms with Crippen molar-refractivity contribution in [2.75, 3.05) is 0 Å². The van der Waals surface area contributed by atoms with E-state index in [4.69, 9.17) is 15.0 Å². The van der Waals surface area contributed by atoms with E-state index in [-0.39, 0.29) is 0 Å². The Hall–Kier alpha value is -6.69. The van der Waals surface area contributed by atoms with Crippen LogP contribution in [0.25, 0.3) is 103 Å². The van der Waals surface area contributed by atoms with Gasteiger partial charge in [-0.1, -0.05) is 133 Å². The summed E-state index contributed by atoms with van der Waals surface area (Å²) >= 11 is 1.80. The number of aromatic nitrogens is 4. The lowest BCUT2D eigenvalue weighted by atomic mass is 10.00. The van der Waals surface area contributed by atoms with Gasteiger partial charge in [-0.05, 0) is 57.9 Å². The molecule has 0 N–H and O–H groups in total. The summed E-state index contributed by atoms with van der Waals surface area (Å²) in [5.74, 6) is 1.94. The van der Waals surface area contributed by atoms with Crippen molar-refractivity contribution in [3.05, 3.63) is 170 Å². The lowest BCUT2D eigenvalue weighted by Crippen LogP contribution is -2.01. The SMILES string of the molecule is c1ccc(-c2nc(-c3cccc(-n4c5ccc6ccccc6c5c5c6ccccc6ccc54)c3)nc(-c3ccc4c(c3)sc3ccccc34)n2)cc1. The van der Waals surface area contributed by atoms with E-state index in [1.165, 1.54) is 63.5 Å². The van der Waals surface area contributed by atoms with Gasteiger partial charge in [0.2, 0.25) is 0 Å².